The maximum absolute atomic E-state index is 12.3. The fourth-order valence-corrected chi connectivity index (χ4v) is 3.16. The van der Waals surface area contributed by atoms with Crippen LogP contribution >= 0.6 is 12.2 Å². The van der Waals surface area contributed by atoms with Gasteiger partial charge in [0, 0.05) is 6.04 Å². The van der Waals surface area contributed by atoms with Gasteiger partial charge in [-0.1, -0.05) is 32.0 Å². The number of carbonyl (C=O) groups excluding carboxylic acids is 1. The molecule has 2 fully saturated rings. The monoisotopic (exact) mass is 254 g/mol. The van der Waals surface area contributed by atoms with Crippen LogP contribution in [0.2, 0.25) is 0 Å². The highest BCUT2D eigenvalue weighted by Gasteiger charge is 2.51. The lowest BCUT2D eigenvalue weighted by Gasteiger charge is -2.44. The lowest BCUT2D eigenvalue weighted by Crippen LogP contribution is -2.57. The van der Waals surface area contributed by atoms with E-state index in [9.17, 15) is 4.79 Å². The SMILES string of the molecule is CC1CC(C(=O)NC(C)CC2CC2)(C(N)=S)C1. The third-order valence-electron chi connectivity index (χ3n) is 4.06. The fraction of sp³-hybridized carbons (Fsp3) is 0.846. The highest BCUT2D eigenvalue weighted by molar-refractivity contribution is 7.80. The minimum absolute atomic E-state index is 0.0521. The van der Waals surface area contributed by atoms with Crippen LogP contribution < -0.4 is 11.1 Å². The molecule has 4 heteroatoms. The van der Waals surface area contributed by atoms with Crippen molar-refractivity contribution in [2.75, 3.05) is 0 Å². The number of hydrogen-bond donors (Lipinski definition) is 2. The van der Waals surface area contributed by atoms with Crippen molar-refractivity contribution in [3.63, 3.8) is 0 Å². The third kappa shape index (κ3) is 2.62. The smallest absolute Gasteiger partial charge is 0.233 e. The number of amides is 1. The molecule has 2 saturated carbocycles. The van der Waals surface area contributed by atoms with Crippen LogP contribution in [-0.4, -0.2) is 16.9 Å². The Balaban J connectivity index is 1.90. The van der Waals surface area contributed by atoms with Gasteiger partial charge in [-0.2, -0.15) is 0 Å². The third-order valence-corrected chi connectivity index (χ3v) is 4.45. The van der Waals surface area contributed by atoms with Gasteiger partial charge in [-0.3, -0.25) is 4.79 Å². The molecule has 0 spiro atoms. The van der Waals surface area contributed by atoms with Crippen LogP contribution in [0.4, 0.5) is 0 Å². The average molecular weight is 254 g/mol. The van der Waals surface area contributed by atoms with E-state index in [2.05, 4.69) is 19.2 Å². The highest BCUT2D eigenvalue weighted by atomic mass is 32.1. The Kier molecular flexibility index (Phi) is 3.43. The Bertz CT molecular complexity index is 332. The Morgan fingerprint density at radius 3 is 2.53 bits per heavy atom. The summed E-state index contributed by atoms with van der Waals surface area (Å²) in [4.78, 5) is 12.6. The number of nitrogens with two attached hydrogens (primary N) is 1. The van der Waals surface area contributed by atoms with Gasteiger partial charge in [0.15, 0.2) is 0 Å². The van der Waals surface area contributed by atoms with Crippen molar-refractivity contribution in [2.45, 2.75) is 52.0 Å². The Morgan fingerprint density at radius 2 is 2.12 bits per heavy atom. The topological polar surface area (TPSA) is 55.1 Å². The second kappa shape index (κ2) is 4.56. The maximum Gasteiger partial charge on any atom is 0.233 e. The Labute approximate surface area is 109 Å². The van der Waals surface area contributed by atoms with Crippen molar-refractivity contribution < 1.29 is 4.79 Å². The molecule has 1 atom stereocenters. The lowest BCUT2D eigenvalue weighted by molar-refractivity contribution is -0.133. The maximum atomic E-state index is 12.3. The molecule has 0 aliphatic heterocycles. The molecule has 0 bridgehead atoms. The van der Waals surface area contributed by atoms with Crippen LogP contribution in [-0.2, 0) is 4.79 Å². The zero-order valence-electron chi connectivity index (χ0n) is 10.7. The van der Waals surface area contributed by atoms with Crippen molar-refractivity contribution in [3.8, 4) is 0 Å². The molecule has 1 amide bonds. The van der Waals surface area contributed by atoms with E-state index in [1.807, 2.05) is 0 Å². The summed E-state index contributed by atoms with van der Waals surface area (Å²) < 4.78 is 0. The van der Waals surface area contributed by atoms with E-state index in [1.54, 1.807) is 0 Å². The second-order valence-corrected chi connectivity index (χ2v) is 6.45. The van der Waals surface area contributed by atoms with Gasteiger partial charge in [0.2, 0.25) is 5.91 Å². The predicted molar refractivity (Wildman–Crippen MR) is 72.6 cm³/mol. The minimum Gasteiger partial charge on any atom is -0.392 e. The largest absolute Gasteiger partial charge is 0.392 e. The van der Waals surface area contributed by atoms with Gasteiger partial charge in [0.25, 0.3) is 0 Å². The van der Waals surface area contributed by atoms with Crippen LogP contribution in [0.15, 0.2) is 0 Å². The molecule has 1 unspecified atom stereocenters. The van der Waals surface area contributed by atoms with Gasteiger partial charge in [-0.05, 0) is 38.0 Å². The number of hydrogen-bond acceptors (Lipinski definition) is 2. The van der Waals surface area contributed by atoms with Gasteiger partial charge < -0.3 is 11.1 Å². The lowest BCUT2D eigenvalue weighted by atomic mass is 9.62. The average Bonchev–Trinajstić information content (AvgIpc) is 2.95. The Hall–Kier alpha value is -0.640. The molecule has 3 nitrogen and oxygen atoms in total. The highest BCUT2D eigenvalue weighted by Crippen LogP contribution is 2.46. The summed E-state index contributed by atoms with van der Waals surface area (Å²) in [6.45, 7) is 4.21. The zero-order chi connectivity index (χ0) is 12.6. The van der Waals surface area contributed by atoms with Crippen molar-refractivity contribution in [1.29, 1.82) is 0 Å². The molecule has 0 saturated heterocycles. The van der Waals surface area contributed by atoms with Gasteiger partial charge >= 0.3 is 0 Å². The molecule has 3 N–H and O–H groups in total. The summed E-state index contributed by atoms with van der Waals surface area (Å²) in [5, 5.41) is 3.09. The van der Waals surface area contributed by atoms with Crippen LogP contribution in [0, 0.1) is 17.3 Å². The molecule has 2 rings (SSSR count). The van der Waals surface area contributed by atoms with Gasteiger partial charge in [0.05, 0.1) is 10.4 Å². The van der Waals surface area contributed by atoms with Gasteiger partial charge in [0.1, 0.15) is 0 Å². The Morgan fingerprint density at radius 1 is 1.53 bits per heavy atom. The van der Waals surface area contributed by atoms with Crippen LogP contribution in [0.3, 0.4) is 0 Å². The molecule has 0 aromatic heterocycles. The first kappa shape index (κ1) is 12.8. The quantitative estimate of drug-likeness (QED) is 0.738. The van der Waals surface area contributed by atoms with Crippen LogP contribution in [0.1, 0.15) is 46.0 Å². The van der Waals surface area contributed by atoms with Crippen molar-refractivity contribution in [2.24, 2.45) is 23.0 Å². The molecule has 0 heterocycles. The van der Waals surface area contributed by atoms with E-state index < -0.39 is 5.41 Å². The van der Waals surface area contributed by atoms with Crippen molar-refractivity contribution in [1.82, 2.24) is 5.32 Å². The van der Waals surface area contributed by atoms with E-state index >= 15 is 0 Å². The van der Waals surface area contributed by atoms with Gasteiger partial charge in [-0.25, -0.2) is 0 Å². The van der Waals surface area contributed by atoms with E-state index in [0.717, 1.165) is 25.2 Å². The normalized spacial score (nSPS) is 33.6. The van der Waals surface area contributed by atoms with Crippen LogP contribution in [0.25, 0.3) is 0 Å². The molecule has 0 aromatic rings. The summed E-state index contributed by atoms with van der Waals surface area (Å²) in [7, 11) is 0. The number of thiocarbonyl (C=S) groups is 1. The summed E-state index contributed by atoms with van der Waals surface area (Å²) in [5.74, 6) is 1.43. The molecule has 0 radical (unpaired) electrons. The van der Waals surface area contributed by atoms with E-state index in [4.69, 9.17) is 18.0 Å². The molecule has 2 aliphatic rings. The molecule has 96 valence electrons. The van der Waals surface area contributed by atoms with Crippen LogP contribution in [0.5, 0.6) is 0 Å². The number of carbonyl (C=O) groups is 1. The first-order chi connectivity index (χ1) is 7.94. The standard InChI is InChI=1S/C13H22N2OS/c1-8-6-13(7-8,11(14)17)12(16)15-9(2)5-10-3-4-10/h8-10H,3-7H2,1-2H3,(H2,14,17)(H,15,16). The van der Waals surface area contributed by atoms with E-state index in [-0.39, 0.29) is 11.9 Å². The van der Waals surface area contributed by atoms with Crippen molar-refractivity contribution >= 4 is 23.1 Å². The summed E-state index contributed by atoms with van der Waals surface area (Å²) in [6.07, 6.45) is 5.35. The molecular weight excluding hydrogens is 232 g/mol. The first-order valence-corrected chi connectivity index (χ1v) is 6.96. The number of nitrogens with one attached hydrogen (secondary N) is 1. The number of rotatable bonds is 5. The van der Waals surface area contributed by atoms with E-state index in [1.165, 1.54) is 12.8 Å². The first-order valence-electron chi connectivity index (χ1n) is 6.55. The minimum atomic E-state index is -0.549. The summed E-state index contributed by atoms with van der Waals surface area (Å²) in [5.41, 5.74) is 5.21. The van der Waals surface area contributed by atoms with E-state index in [0.29, 0.717) is 10.9 Å². The molecule has 0 aromatic carbocycles. The summed E-state index contributed by atoms with van der Waals surface area (Å²) in [6, 6.07) is 0.247. The molecule has 2 aliphatic carbocycles. The molecular formula is C13H22N2OS. The zero-order valence-corrected chi connectivity index (χ0v) is 11.5. The van der Waals surface area contributed by atoms with Crippen molar-refractivity contribution in [3.05, 3.63) is 0 Å². The fourth-order valence-electron chi connectivity index (χ4n) is 2.90. The van der Waals surface area contributed by atoms with Gasteiger partial charge in [-0.15, -0.1) is 0 Å². The second-order valence-electron chi connectivity index (χ2n) is 6.01. The molecule has 17 heavy (non-hydrogen) atoms. The summed E-state index contributed by atoms with van der Waals surface area (Å²) >= 11 is 5.08. The predicted octanol–water partition coefficient (Wildman–Crippen LogP) is 1.99.